The summed E-state index contributed by atoms with van der Waals surface area (Å²) < 4.78 is 0. The maximum Gasteiger partial charge on any atom is 0.0957 e. The van der Waals surface area contributed by atoms with Gasteiger partial charge < -0.3 is 15.1 Å². The Balaban J connectivity index is 2.51. The molecule has 1 rings (SSSR count). The molecule has 0 saturated carbocycles. The number of aliphatic hydroxyl groups excluding tert-OH is 2. The van der Waals surface area contributed by atoms with Gasteiger partial charge in [0.05, 0.1) is 13.5 Å². The van der Waals surface area contributed by atoms with Crippen molar-refractivity contribution in [2.45, 2.75) is 13.8 Å². The zero-order chi connectivity index (χ0) is 12.7. The molecule has 2 N–H and O–H groups in total. The molecule has 0 spiro atoms. The molecule has 0 aromatic carbocycles. The van der Waals surface area contributed by atoms with Crippen LogP contribution in [0.3, 0.4) is 0 Å². The Morgan fingerprint density at radius 2 is 1.12 bits per heavy atom. The summed E-state index contributed by atoms with van der Waals surface area (Å²) in [6.45, 7) is 11.2. The molecule has 0 atom stereocenters. The van der Waals surface area contributed by atoms with E-state index < -0.39 is 0 Å². The third-order valence-corrected chi connectivity index (χ3v) is 3.22. The van der Waals surface area contributed by atoms with Gasteiger partial charge in [-0.25, -0.2) is 0 Å². The second-order valence-corrected chi connectivity index (χ2v) is 5.21. The molecule has 0 amide bonds. The minimum absolute atomic E-state index is 0.106. The van der Waals surface area contributed by atoms with Gasteiger partial charge in [-0.15, -0.1) is 0 Å². The van der Waals surface area contributed by atoms with Crippen molar-refractivity contribution < 1.29 is 10.2 Å². The maximum atomic E-state index is 9.25. The zero-order valence-electron chi connectivity index (χ0n) is 11.2. The number of rotatable bonds is 4. The first-order valence-electron chi connectivity index (χ1n) is 6.54. The quantitative estimate of drug-likeness (QED) is 0.697. The summed E-state index contributed by atoms with van der Waals surface area (Å²) in [5.74, 6) is 0.654. The van der Waals surface area contributed by atoms with E-state index in [1.807, 2.05) is 9.80 Å². The number of nitrogens with zero attached hydrogens (tertiary/aromatic N) is 3. The summed E-state index contributed by atoms with van der Waals surface area (Å²) in [6, 6.07) is 0. The van der Waals surface area contributed by atoms with E-state index in [-0.39, 0.29) is 13.5 Å². The average Bonchev–Trinajstić information content (AvgIpc) is 2.39. The van der Waals surface area contributed by atoms with Crippen molar-refractivity contribution in [1.29, 1.82) is 0 Å². The second kappa shape index (κ2) is 8.00. The lowest BCUT2D eigenvalue weighted by Crippen LogP contribution is -2.38. The Hall–Kier alpha value is -0.200. The Labute approximate surface area is 105 Å². The Morgan fingerprint density at radius 1 is 0.765 bits per heavy atom. The van der Waals surface area contributed by atoms with Gasteiger partial charge in [-0.1, -0.05) is 13.8 Å². The molecule has 0 radical (unpaired) electrons. The van der Waals surface area contributed by atoms with Crippen molar-refractivity contribution in [2.75, 3.05) is 59.3 Å². The molecule has 5 nitrogen and oxygen atoms in total. The van der Waals surface area contributed by atoms with E-state index in [2.05, 4.69) is 18.7 Å². The van der Waals surface area contributed by atoms with Crippen LogP contribution in [0, 0.1) is 5.92 Å². The number of hydrogen-bond acceptors (Lipinski definition) is 5. The Morgan fingerprint density at radius 3 is 1.41 bits per heavy atom. The first-order chi connectivity index (χ1) is 8.15. The summed E-state index contributed by atoms with van der Waals surface area (Å²) in [6.07, 6.45) is 0. The molecular formula is C12H27N3O2. The molecule has 0 aromatic heterocycles. The number of hydrogen-bond donors (Lipinski definition) is 2. The fraction of sp³-hybridized carbons (Fsp3) is 1.00. The van der Waals surface area contributed by atoms with E-state index in [0.717, 1.165) is 45.8 Å². The van der Waals surface area contributed by atoms with E-state index in [9.17, 15) is 10.2 Å². The van der Waals surface area contributed by atoms with Crippen molar-refractivity contribution >= 4 is 0 Å². The predicted octanol–water partition coefficient (Wildman–Crippen LogP) is -0.538. The maximum absolute atomic E-state index is 9.25. The van der Waals surface area contributed by atoms with Crippen LogP contribution in [0.4, 0.5) is 0 Å². The van der Waals surface area contributed by atoms with Gasteiger partial charge >= 0.3 is 0 Å². The molecule has 1 saturated heterocycles. The zero-order valence-corrected chi connectivity index (χ0v) is 11.2. The largest absolute Gasteiger partial charge is 0.381 e. The summed E-state index contributed by atoms with van der Waals surface area (Å²) >= 11 is 0. The smallest absolute Gasteiger partial charge is 0.0957 e. The lowest BCUT2D eigenvalue weighted by Gasteiger charge is -2.26. The average molecular weight is 245 g/mol. The van der Waals surface area contributed by atoms with Gasteiger partial charge in [0.25, 0.3) is 0 Å². The highest BCUT2D eigenvalue weighted by molar-refractivity contribution is 4.69. The highest BCUT2D eigenvalue weighted by Gasteiger charge is 2.15. The normalized spacial score (nSPS) is 22.4. The van der Waals surface area contributed by atoms with Crippen LogP contribution in [0.1, 0.15) is 13.8 Å². The predicted molar refractivity (Wildman–Crippen MR) is 68.6 cm³/mol. The third-order valence-electron chi connectivity index (χ3n) is 3.22. The van der Waals surface area contributed by atoms with Gasteiger partial charge in [-0.2, -0.15) is 0 Å². The van der Waals surface area contributed by atoms with Crippen LogP contribution in [0.25, 0.3) is 0 Å². The molecule has 102 valence electrons. The lowest BCUT2D eigenvalue weighted by molar-refractivity contribution is 0.0723. The van der Waals surface area contributed by atoms with Crippen molar-refractivity contribution in [3.05, 3.63) is 0 Å². The van der Waals surface area contributed by atoms with Crippen molar-refractivity contribution in [3.63, 3.8) is 0 Å². The van der Waals surface area contributed by atoms with Gasteiger partial charge in [0, 0.05) is 45.8 Å². The first kappa shape index (κ1) is 14.9. The van der Waals surface area contributed by atoms with E-state index >= 15 is 0 Å². The Bertz CT molecular complexity index is 186. The van der Waals surface area contributed by atoms with Crippen LogP contribution in [-0.2, 0) is 0 Å². The van der Waals surface area contributed by atoms with E-state index in [4.69, 9.17) is 0 Å². The molecule has 5 heteroatoms. The summed E-state index contributed by atoms with van der Waals surface area (Å²) in [7, 11) is 0. The summed E-state index contributed by atoms with van der Waals surface area (Å²) in [5, 5.41) is 18.5. The SMILES string of the molecule is CC(C)CN1CCN(CO)CCN(CO)CC1. The molecule has 0 aliphatic carbocycles. The van der Waals surface area contributed by atoms with Crippen LogP contribution in [0.15, 0.2) is 0 Å². The van der Waals surface area contributed by atoms with Gasteiger partial charge in [0.1, 0.15) is 0 Å². The molecule has 1 fully saturated rings. The minimum Gasteiger partial charge on any atom is -0.381 e. The van der Waals surface area contributed by atoms with Gasteiger partial charge in [0.15, 0.2) is 0 Å². The molecular weight excluding hydrogens is 218 g/mol. The third kappa shape index (κ3) is 5.79. The molecule has 17 heavy (non-hydrogen) atoms. The highest BCUT2D eigenvalue weighted by Crippen LogP contribution is 2.03. The van der Waals surface area contributed by atoms with Crippen molar-refractivity contribution in [2.24, 2.45) is 5.92 Å². The molecule has 0 bridgehead atoms. The fourth-order valence-electron chi connectivity index (χ4n) is 2.17. The standard InChI is InChI=1S/C12H27N3O2/c1-12(2)9-13-3-5-14(10-16)7-8-15(11-17)6-4-13/h12,16-17H,3-11H2,1-2H3. The van der Waals surface area contributed by atoms with Crippen LogP contribution in [0.2, 0.25) is 0 Å². The monoisotopic (exact) mass is 245 g/mol. The summed E-state index contributed by atoms with van der Waals surface area (Å²) in [5.41, 5.74) is 0. The van der Waals surface area contributed by atoms with Gasteiger partial charge in [-0.3, -0.25) is 9.80 Å². The van der Waals surface area contributed by atoms with Crippen LogP contribution in [0.5, 0.6) is 0 Å². The van der Waals surface area contributed by atoms with Crippen molar-refractivity contribution in [1.82, 2.24) is 14.7 Å². The van der Waals surface area contributed by atoms with Crippen LogP contribution >= 0.6 is 0 Å². The van der Waals surface area contributed by atoms with E-state index in [1.165, 1.54) is 0 Å². The topological polar surface area (TPSA) is 50.2 Å². The van der Waals surface area contributed by atoms with Gasteiger partial charge in [-0.05, 0) is 5.92 Å². The lowest BCUT2D eigenvalue weighted by atomic mass is 10.2. The Kier molecular flexibility index (Phi) is 6.99. The summed E-state index contributed by atoms with van der Waals surface area (Å²) in [4.78, 5) is 6.48. The molecule has 0 unspecified atom stereocenters. The molecule has 0 aromatic rings. The highest BCUT2D eigenvalue weighted by atomic mass is 16.3. The van der Waals surface area contributed by atoms with Crippen molar-refractivity contribution in [3.8, 4) is 0 Å². The van der Waals surface area contributed by atoms with Gasteiger partial charge in [0.2, 0.25) is 0 Å². The van der Waals surface area contributed by atoms with Crippen LogP contribution in [-0.4, -0.2) is 84.2 Å². The molecule has 1 aliphatic heterocycles. The minimum atomic E-state index is 0.106. The molecule has 1 heterocycles. The molecule has 1 aliphatic rings. The van der Waals surface area contributed by atoms with Crippen LogP contribution < -0.4 is 0 Å². The second-order valence-electron chi connectivity index (χ2n) is 5.21. The van der Waals surface area contributed by atoms with E-state index in [1.54, 1.807) is 0 Å². The van der Waals surface area contributed by atoms with E-state index in [0.29, 0.717) is 5.92 Å². The fourth-order valence-corrected chi connectivity index (χ4v) is 2.17. The first-order valence-corrected chi connectivity index (χ1v) is 6.54. The number of aliphatic hydroxyl groups is 2.